The van der Waals surface area contributed by atoms with E-state index in [1.807, 2.05) is 66.9 Å². The SMILES string of the molecule is N#CC(=Cc1cn(-c2ccccc2)nc1-c1cccc(S(=O)(=O)N2CCCCCC2)c1)c1nc2ccccc2s1. The first-order chi connectivity index (χ1) is 19.5. The van der Waals surface area contributed by atoms with E-state index in [9.17, 15) is 13.7 Å². The molecule has 200 valence electrons. The van der Waals surface area contributed by atoms with Crippen LogP contribution >= 0.6 is 11.3 Å². The molecule has 0 N–H and O–H groups in total. The Morgan fingerprint density at radius 3 is 2.42 bits per heavy atom. The molecule has 0 atom stereocenters. The standard InChI is InChI=1S/C31H27N5O2S2/c32-21-24(31-33-28-15-6-7-16-29(28)39-31)19-25-22-36(26-12-4-3-5-13-26)34-30(25)23-11-10-14-27(20-23)40(37,38)35-17-8-1-2-9-18-35/h3-7,10-16,19-20,22H,1-2,8-9,17-18H2. The zero-order valence-electron chi connectivity index (χ0n) is 21.8. The Morgan fingerprint density at radius 2 is 1.68 bits per heavy atom. The van der Waals surface area contributed by atoms with Crippen LogP contribution in [-0.2, 0) is 10.0 Å². The molecule has 9 heteroatoms. The number of allylic oxidation sites excluding steroid dienone is 1. The number of fused-ring (bicyclic) bond motifs is 1. The largest absolute Gasteiger partial charge is 0.243 e. The fourth-order valence-corrected chi connectivity index (χ4v) is 7.45. The number of nitrogens with zero attached hydrogens (tertiary/aromatic N) is 5. The maximum Gasteiger partial charge on any atom is 0.243 e. The van der Waals surface area contributed by atoms with Gasteiger partial charge in [0.15, 0.2) is 0 Å². The van der Waals surface area contributed by atoms with E-state index in [0.717, 1.165) is 41.6 Å². The molecule has 3 heterocycles. The third-order valence-electron chi connectivity index (χ3n) is 7.02. The van der Waals surface area contributed by atoms with Crippen molar-refractivity contribution in [1.29, 1.82) is 5.26 Å². The highest BCUT2D eigenvalue weighted by atomic mass is 32.2. The van der Waals surface area contributed by atoms with Crippen LogP contribution in [-0.4, -0.2) is 40.6 Å². The number of hydrogen-bond acceptors (Lipinski definition) is 6. The summed E-state index contributed by atoms with van der Waals surface area (Å²) in [7, 11) is -3.64. The van der Waals surface area contributed by atoms with E-state index in [2.05, 4.69) is 11.1 Å². The van der Waals surface area contributed by atoms with Gasteiger partial charge in [0, 0.05) is 30.4 Å². The summed E-state index contributed by atoms with van der Waals surface area (Å²) in [6, 6.07) is 26.8. The number of rotatable bonds is 6. The number of aromatic nitrogens is 3. The van der Waals surface area contributed by atoms with Gasteiger partial charge in [-0.25, -0.2) is 18.1 Å². The fourth-order valence-electron chi connectivity index (χ4n) is 4.95. The van der Waals surface area contributed by atoms with Crippen molar-refractivity contribution in [2.45, 2.75) is 30.6 Å². The monoisotopic (exact) mass is 565 g/mol. The molecule has 40 heavy (non-hydrogen) atoms. The van der Waals surface area contributed by atoms with Gasteiger partial charge in [-0.3, -0.25) is 0 Å². The van der Waals surface area contributed by atoms with Crippen LogP contribution in [0.25, 0.3) is 38.8 Å². The minimum atomic E-state index is -3.64. The normalized spacial score (nSPS) is 15.1. The molecular formula is C31H27N5O2S2. The predicted octanol–water partition coefficient (Wildman–Crippen LogP) is 6.78. The molecule has 1 aliphatic rings. The van der Waals surface area contributed by atoms with Crippen molar-refractivity contribution in [2.24, 2.45) is 0 Å². The van der Waals surface area contributed by atoms with E-state index in [-0.39, 0.29) is 4.90 Å². The average Bonchev–Trinajstić information content (AvgIpc) is 3.51. The minimum Gasteiger partial charge on any atom is -0.240 e. The summed E-state index contributed by atoms with van der Waals surface area (Å²) >= 11 is 1.46. The van der Waals surface area contributed by atoms with Gasteiger partial charge in [0.05, 0.1) is 26.4 Å². The number of benzene rings is 3. The van der Waals surface area contributed by atoms with Crippen LogP contribution in [0.1, 0.15) is 36.3 Å². The molecule has 0 aliphatic carbocycles. The number of para-hydroxylation sites is 2. The van der Waals surface area contributed by atoms with Crippen LogP contribution in [0.2, 0.25) is 0 Å². The van der Waals surface area contributed by atoms with Gasteiger partial charge in [0.2, 0.25) is 10.0 Å². The van der Waals surface area contributed by atoms with E-state index in [0.29, 0.717) is 40.5 Å². The van der Waals surface area contributed by atoms with Crippen molar-refractivity contribution < 1.29 is 8.42 Å². The second-order valence-electron chi connectivity index (χ2n) is 9.72. The first kappa shape index (κ1) is 26.1. The lowest BCUT2D eigenvalue weighted by atomic mass is 10.1. The van der Waals surface area contributed by atoms with Gasteiger partial charge in [-0.05, 0) is 55.3 Å². The molecule has 1 aliphatic heterocycles. The molecule has 2 aromatic heterocycles. The van der Waals surface area contributed by atoms with E-state index in [4.69, 9.17) is 5.10 Å². The average molecular weight is 566 g/mol. The van der Waals surface area contributed by atoms with Crippen molar-refractivity contribution in [2.75, 3.05) is 13.1 Å². The smallest absolute Gasteiger partial charge is 0.240 e. The highest BCUT2D eigenvalue weighted by Gasteiger charge is 2.26. The molecule has 0 amide bonds. The van der Waals surface area contributed by atoms with Crippen LogP contribution in [0.3, 0.4) is 0 Å². The topological polar surface area (TPSA) is 91.9 Å². The Kier molecular flexibility index (Phi) is 7.30. The van der Waals surface area contributed by atoms with Crippen LogP contribution in [0.15, 0.2) is 90.0 Å². The van der Waals surface area contributed by atoms with Gasteiger partial charge in [0.25, 0.3) is 0 Å². The quantitative estimate of drug-likeness (QED) is 0.212. The molecule has 1 fully saturated rings. The highest BCUT2D eigenvalue weighted by Crippen LogP contribution is 2.32. The lowest BCUT2D eigenvalue weighted by molar-refractivity contribution is 0.424. The van der Waals surface area contributed by atoms with Crippen LogP contribution in [0.5, 0.6) is 0 Å². The summed E-state index contributed by atoms with van der Waals surface area (Å²) in [6.45, 7) is 1.08. The van der Waals surface area contributed by atoms with E-state index in [1.165, 1.54) is 11.3 Å². The summed E-state index contributed by atoms with van der Waals surface area (Å²) in [4.78, 5) is 4.92. The third-order valence-corrected chi connectivity index (χ3v) is 9.98. The summed E-state index contributed by atoms with van der Waals surface area (Å²) in [5, 5.41) is 15.6. The lowest BCUT2D eigenvalue weighted by Gasteiger charge is -2.20. The van der Waals surface area contributed by atoms with Gasteiger partial charge in [-0.15, -0.1) is 11.3 Å². The zero-order chi connectivity index (χ0) is 27.5. The molecule has 0 saturated carbocycles. The minimum absolute atomic E-state index is 0.253. The third kappa shape index (κ3) is 5.21. The van der Waals surface area contributed by atoms with Gasteiger partial charge in [-0.1, -0.05) is 55.3 Å². The zero-order valence-corrected chi connectivity index (χ0v) is 23.4. The van der Waals surface area contributed by atoms with Crippen molar-refractivity contribution in [3.05, 3.63) is 95.6 Å². The maximum atomic E-state index is 13.6. The summed E-state index contributed by atoms with van der Waals surface area (Å²) in [6.07, 6.45) is 7.50. The molecule has 0 bridgehead atoms. The Balaban J connectivity index is 1.46. The Hall–Kier alpha value is -4.10. The Bertz CT molecular complexity index is 1810. The first-order valence-corrected chi connectivity index (χ1v) is 15.5. The molecule has 1 saturated heterocycles. The van der Waals surface area contributed by atoms with Crippen LogP contribution in [0.4, 0.5) is 0 Å². The maximum absolute atomic E-state index is 13.6. The number of thiazole rings is 1. The van der Waals surface area contributed by atoms with Crippen LogP contribution in [0, 0.1) is 11.3 Å². The first-order valence-electron chi connectivity index (χ1n) is 13.3. The number of nitriles is 1. The van der Waals surface area contributed by atoms with Gasteiger partial charge >= 0.3 is 0 Å². The summed E-state index contributed by atoms with van der Waals surface area (Å²) in [5.41, 5.74) is 4.07. The molecule has 3 aromatic carbocycles. The van der Waals surface area contributed by atoms with Crippen molar-refractivity contribution >= 4 is 43.2 Å². The number of hydrogen-bond donors (Lipinski definition) is 0. The van der Waals surface area contributed by atoms with Crippen LogP contribution < -0.4 is 0 Å². The van der Waals surface area contributed by atoms with Crippen molar-refractivity contribution in [3.8, 4) is 23.0 Å². The van der Waals surface area contributed by atoms with Gasteiger partial charge < -0.3 is 0 Å². The highest BCUT2D eigenvalue weighted by molar-refractivity contribution is 7.89. The second kappa shape index (κ2) is 11.2. The van der Waals surface area contributed by atoms with E-state index in [1.54, 1.807) is 33.3 Å². The lowest BCUT2D eigenvalue weighted by Crippen LogP contribution is -2.31. The predicted molar refractivity (Wildman–Crippen MR) is 159 cm³/mol. The fraction of sp³-hybridized carbons (Fsp3) is 0.194. The van der Waals surface area contributed by atoms with E-state index < -0.39 is 10.0 Å². The Labute approximate surface area is 237 Å². The van der Waals surface area contributed by atoms with Gasteiger partial charge in [0.1, 0.15) is 16.8 Å². The molecule has 0 spiro atoms. The molecule has 5 aromatic rings. The molecular weight excluding hydrogens is 539 g/mol. The second-order valence-corrected chi connectivity index (χ2v) is 12.7. The Morgan fingerprint density at radius 1 is 0.925 bits per heavy atom. The molecule has 0 unspecified atom stereocenters. The van der Waals surface area contributed by atoms with Crippen molar-refractivity contribution in [3.63, 3.8) is 0 Å². The molecule has 6 rings (SSSR count). The number of sulfonamides is 1. The van der Waals surface area contributed by atoms with Gasteiger partial charge in [-0.2, -0.15) is 14.7 Å². The molecule has 7 nitrogen and oxygen atoms in total. The van der Waals surface area contributed by atoms with Crippen molar-refractivity contribution in [1.82, 2.24) is 19.1 Å². The summed E-state index contributed by atoms with van der Waals surface area (Å²) in [5.74, 6) is 0. The van der Waals surface area contributed by atoms with E-state index >= 15 is 0 Å². The molecule has 0 radical (unpaired) electrons. The summed E-state index contributed by atoms with van der Waals surface area (Å²) < 4.78 is 31.5.